The maximum atomic E-state index is 7.50. The molecule has 0 aromatic carbocycles. The summed E-state index contributed by atoms with van der Waals surface area (Å²) in [5, 5.41) is 0. The molecule has 0 unspecified atom stereocenters. The van der Waals surface area contributed by atoms with E-state index in [1.807, 2.05) is 0 Å². The third-order valence-corrected chi connectivity index (χ3v) is 2.21. The molecule has 0 amide bonds. The van der Waals surface area contributed by atoms with Gasteiger partial charge in [-0.05, 0) is 0 Å². The van der Waals surface area contributed by atoms with Gasteiger partial charge >= 0.3 is 52.2 Å². The molecule has 0 heterocycles. The second kappa shape index (κ2) is 17.4. The maximum Gasteiger partial charge on any atom is 0.281 e. The SMILES string of the molecule is CC1=[C]([Mn])CCC1.[C]=O.[C]=O.[C]=O. The first-order chi connectivity index (χ1) is 6.30. The van der Waals surface area contributed by atoms with Crippen molar-refractivity contribution < 1.29 is 30.4 Å². The van der Waals surface area contributed by atoms with Gasteiger partial charge in [0.05, 0.1) is 0 Å². The van der Waals surface area contributed by atoms with E-state index in [9.17, 15) is 0 Å². The van der Waals surface area contributed by atoms with Crippen LogP contribution < -0.4 is 0 Å². The van der Waals surface area contributed by atoms with Gasteiger partial charge in [0.15, 0.2) is 0 Å². The average molecular weight is 220 g/mol. The van der Waals surface area contributed by atoms with E-state index < -0.39 is 0 Å². The van der Waals surface area contributed by atoms with Crippen LogP contribution in [0.3, 0.4) is 0 Å². The van der Waals surface area contributed by atoms with Crippen molar-refractivity contribution in [3.63, 3.8) is 0 Å². The van der Waals surface area contributed by atoms with Crippen molar-refractivity contribution in [3.05, 3.63) is 10.0 Å². The molecule has 0 atom stereocenters. The van der Waals surface area contributed by atoms with E-state index in [1.54, 1.807) is 5.57 Å². The predicted molar refractivity (Wildman–Crippen MR) is 43.6 cm³/mol. The maximum absolute atomic E-state index is 7.50. The molecule has 70 valence electrons. The molecule has 0 aliphatic heterocycles. The molecule has 1 aliphatic carbocycles. The van der Waals surface area contributed by atoms with E-state index in [0.29, 0.717) is 0 Å². The molecule has 0 saturated carbocycles. The Labute approximate surface area is 87.4 Å². The minimum absolute atomic E-state index is 1.27. The molecule has 4 heteroatoms. The van der Waals surface area contributed by atoms with E-state index >= 15 is 0 Å². The Balaban J connectivity index is -0.000000144. The fraction of sp³-hybridized carbons (Fsp3) is 0.444. The monoisotopic (exact) mass is 220 g/mol. The molecule has 1 aliphatic rings. The molecule has 0 aromatic heterocycles. The molecule has 0 saturated heterocycles. The summed E-state index contributed by atoms with van der Waals surface area (Å²) in [7, 11) is 0. The van der Waals surface area contributed by atoms with Gasteiger partial charge in [0.1, 0.15) is 0 Å². The van der Waals surface area contributed by atoms with Gasteiger partial charge in [-0.15, -0.1) is 0 Å². The van der Waals surface area contributed by atoms with E-state index in [4.69, 9.17) is 14.4 Å². The minimum Gasteiger partial charge on any atom is -0.281 e. The Morgan fingerprint density at radius 3 is 1.46 bits per heavy atom. The zero-order valence-electron chi connectivity index (χ0n) is 7.22. The van der Waals surface area contributed by atoms with Gasteiger partial charge in [0.2, 0.25) is 0 Å². The molecule has 13 heavy (non-hydrogen) atoms. The topological polar surface area (TPSA) is 51.2 Å². The normalized spacial score (nSPS) is 12.5. The fourth-order valence-electron chi connectivity index (χ4n) is 0.858. The number of carbonyl (C=O) groups excluding carboxylic acids is 3. The van der Waals surface area contributed by atoms with Crippen LogP contribution in [0.15, 0.2) is 10.0 Å². The van der Waals surface area contributed by atoms with Crippen molar-refractivity contribution >= 4 is 20.4 Å². The van der Waals surface area contributed by atoms with Crippen LogP contribution in [0.4, 0.5) is 0 Å². The third kappa shape index (κ3) is 11.3. The summed E-state index contributed by atoms with van der Waals surface area (Å²) in [6.07, 6.45) is 3.93. The molecule has 0 N–H and O–H groups in total. The van der Waals surface area contributed by atoms with Crippen LogP contribution in [0.1, 0.15) is 26.2 Å². The van der Waals surface area contributed by atoms with Gasteiger partial charge in [-0.2, -0.15) is 0 Å². The zero-order valence-corrected chi connectivity index (χ0v) is 8.40. The molecular formula is C9H9MnO3. The van der Waals surface area contributed by atoms with Crippen molar-refractivity contribution in [1.82, 2.24) is 0 Å². The van der Waals surface area contributed by atoms with Crippen molar-refractivity contribution in [1.29, 1.82) is 0 Å². The van der Waals surface area contributed by atoms with Gasteiger partial charge in [-0.3, -0.25) is 14.4 Å². The molecular weight excluding hydrogens is 211 g/mol. The smallest absolute Gasteiger partial charge is 0.281 e. The van der Waals surface area contributed by atoms with E-state index in [0.717, 1.165) is 0 Å². The van der Waals surface area contributed by atoms with Crippen molar-refractivity contribution in [2.75, 3.05) is 0 Å². The van der Waals surface area contributed by atoms with Crippen LogP contribution in [0.5, 0.6) is 0 Å². The molecule has 3 nitrogen and oxygen atoms in total. The Morgan fingerprint density at radius 2 is 1.38 bits per heavy atom. The minimum atomic E-state index is 1.27. The van der Waals surface area contributed by atoms with Gasteiger partial charge in [-0.1, -0.05) is 0 Å². The van der Waals surface area contributed by atoms with Crippen LogP contribution in [0.2, 0.25) is 0 Å². The van der Waals surface area contributed by atoms with Crippen molar-refractivity contribution in [2.45, 2.75) is 26.2 Å². The summed E-state index contributed by atoms with van der Waals surface area (Å²) >= 11 is 3.48. The van der Waals surface area contributed by atoms with Crippen LogP contribution in [0, 0.1) is 0 Å². The van der Waals surface area contributed by atoms with Crippen LogP contribution >= 0.6 is 0 Å². The van der Waals surface area contributed by atoms with Crippen LogP contribution in [-0.4, -0.2) is 20.4 Å². The summed E-state index contributed by atoms with van der Waals surface area (Å²) in [6, 6.07) is 0. The number of hydrogen-bond donors (Lipinski definition) is 0. The Hall–Kier alpha value is -0.731. The largest absolute Gasteiger partial charge is 0.281 e. The molecule has 0 aromatic rings. The molecule has 0 spiro atoms. The van der Waals surface area contributed by atoms with Crippen molar-refractivity contribution in [3.8, 4) is 0 Å². The van der Waals surface area contributed by atoms with Gasteiger partial charge in [0.25, 0.3) is 20.4 Å². The number of allylic oxidation sites excluding steroid dienone is 2. The number of hydrogen-bond acceptors (Lipinski definition) is 3. The van der Waals surface area contributed by atoms with E-state index in [2.05, 4.69) is 43.3 Å². The average Bonchev–Trinajstić information content (AvgIpc) is 2.61. The Morgan fingerprint density at radius 1 is 1.00 bits per heavy atom. The number of rotatable bonds is 0. The summed E-state index contributed by atoms with van der Waals surface area (Å²) < 4.78 is 1.44. The Bertz CT molecular complexity index is 129. The molecule has 1 rings (SSSR count). The zero-order chi connectivity index (χ0) is 11.3. The van der Waals surface area contributed by atoms with Crippen LogP contribution in [-0.2, 0) is 30.4 Å². The second-order valence-electron chi connectivity index (χ2n) is 2.04. The van der Waals surface area contributed by atoms with Gasteiger partial charge < -0.3 is 0 Å². The standard InChI is InChI=1S/C6H9.3CO.Mn/c1-6-4-2-3-5-6;3*1-2;/h2-4H2,1H3;;;;. The first-order valence-electron chi connectivity index (χ1n) is 3.26. The van der Waals surface area contributed by atoms with E-state index in [1.165, 1.54) is 23.7 Å². The van der Waals surface area contributed by atoms with Gasteiger partial charge in [0, 0.05) is 0 Å². The summed E-state index contributed by atoms with van der Waals surface area (Å²) in [6.45, 7) is 15.7. The second-order valence-corrected chi connectivity index (χ2v) is 2.75. The van der Waals surface area contributed by atoms with Gasteiger partial charge in [-0.25, -0.2) is 0 Å². The quantitative estimate of drug-likeness (QED) is 0.567. The summed E-state index contributed by atoms with van der Waals surface area (Å²) in [4.78, 5) is 22.5. The summed E-state index contributed by atoms with van der Waals surface area (Å²) in [5.41, 5.74) is 1.54. The third-order valence-electron chi connectivity index (χ3n) is 1.41. The van der Waals surface area contributed by atoms with Crippen molar-refractivity contribution in [2.24, 2.45) is 0 Å². The fourth-order valence-corrected chi connectivity index (χ4v) is 1.21. The first-order valence-corrected chi connectivity index (χ1v) is 3.85. The van der Waals surface area contributed by atoms with E-state index in [-0.39, 0.29) is 0 Å². The van der Waals surface area contributed by atoms with Crippen LogP contribution in [0.25, 0.3) is 0 Å². The molecule has 0 fully saturated rings. The molecule has 6 radical (unpaired) electrons. The summed E-state index contributed by atoms with van der Waals surface area (Å²) in [5.74, 6) is 0. The first kappa shape index (κ1) is 18.1. The molecule has 0 bridgehead atoms. The predicted octanol–water partition coefficient (Wildman–Crippen LogP) is 0.800. The Kier molecular flexibility index (Phi) is 24.2.